The van der Waals surface area contributed by atoms with Crippen molar-refractivity contribution in [3.63, 3.8) is 0 Å². The van der Waals surface area contributed by atoms with Crippen LogP contribution in [0.3, 0.4) is 0 Å². The standard InChI is InChI=1S/C10H20N2O/c1-2-10(8-13-9-10)7-12-5-3-11-4-6-12/h11H,2-9H2,1H3. The normalized spacial score (nSPS) is 28.4. The van der Waals surface area contributed by atoms with E-state index in [0.717, 1.165) is 26.3 Å². The summed E-state index contributed by atoms with van der Waals surface area (Å²) in [5, 5.41) is 3.38. The molecule has 2 fully saturated rings. The van der Waals surface area contributed by atoms with E-state index in [-0.39, 0.29) is 0 Å². The van der Waals surface area contributed by atoms with Crippen molar-refractivity contribution in [2.24, 2.45) is 5.41 Å². The number of ether oxygens (including phenoxy) is 1. The van der Waals surface area contributed by atoms with Crippen molar-refractivity contribution in [1.82, 2.24) is 10.2 Å². The molecule has 0 aromatic heterocycles. The Balaban J connectivity index is 1.81. The Labute approximate surface area is 80.4 Å². The molecule has 1 N–H and O–H groups in total. The highest BCUT2D eigenvalue weighted by molar-refractivity contribution is 4.88. The topological polar surface area (TPSA) is 24.5 Å². The summed E-state index contributed by atoms with van der Waals surface area (Å²) >= 11 is 0. The first-order valence-electron chi connectivity index (χ1n) is 5.35. The van der Waals surface area contributed by atoms with E-state index in [1.165, 1.54) is 26.1 Å². The number of hydrogen-bond acceptors (Lipinski definition) is 3. The van der Waals surface area contributed by atoms with Crippen molar-refractivity contribution in [1.29, 1.82) is 0 Å². The van der Waals surface area contributed by atoms with Crippen LogP contribution in [0.4, 0.5) is 0 Å². The largest absolute Gasteiger partial charge is 0.380 e. The van der Waals surface area contributed by atoms with E-state index in [2.05, 4.69) is 17.1 Å². The van der Waals surface area contributed by atoms with Crippen molar-refractivity contribution in [2.45, 2.75) is 13.3 Å². The average Bonchev–Trinajstić information content (AvgIpc) is 2.13. The van der Waals surface area contributed by atoms with E-state index in [9.17, 15) is 0 Å². The van der Waals surface area contributed by atoms with Crippen LogP contribution < -0.4 is 5.32 Å². The minimum absolute atomic E-state index is 0.497. The fourth-order valence-electron chi connectivity index (χ4n) is 2.14. The van der Waals surface area contributed by atoms with E-state index in [0.29, 0.717) is 5.41 Å². The maximum Gasteiger partial charge on any atom is 0.0557 e. The molecule has 76 valence electrons. The van der Waals surface area contributed by atoms with Gasteiger partial charge < -0.3 is 15.0 Å². The van der Waals surface area contributed by atoms with Gasteiger partial charge >= 0.3 is 0 Å². The van der Waals surface area contributed by atoms with Gasteiger partial charge in [-0.1, -0.05) is 6.92 Å². The molecular weight excluding hydrogens is 164 g/mol. The van der Waals surface area contributed by atoms with Crippen LogP contribution in [0.2, 0.25) is 0 Å². The lowest BCUT2D eigenvalue weighted by atomic mass is 9.82. The lowest BCUT2D eigenvalue weighted by Gasteiger charge is -2.45. The Morgan fingerprint density at radius 3 is 2.46 bits per heavy atom. The van der Waals surface area contributed by atoms with Gasteiger partial charge in [0.1, 0.15) is 0 Å². The maximum absolute atomic E-state index is 5.33. The number of nitrogens with zero attached hydrogens (tertiary/aromatic N) is 1. The number of rotatable bonds is 3. The summed E-state index contributed by atoms with van der Waals surface area (Å²) in [5.74, 6) is 0. The Morgan fingerprint density at radius 2 is 2.00 bits per heavy atom. The van der Waals surface area contributed by atoms with Gasteiger partial charge in [0, 0.05) is 38.1 Å². The third-order valence-corrected chi connectivity index (χ3v) is 3.34. The van der Waals surface area contributed by atoms with Gasteiger partial charge in [0.25, 0.3) is 0 Å². The molecule has 0 bridgehead atoms. The SMILES string of the molecule is CCC1(CN2CCNCC2)COC1. The van der Waals surface area contributed by atoms with Crippen LogP contribution >= 0.6 is 0 Å². The summed E-state index contributed by atoms with van der Waals surface area (Å²) in [6.45, 7) is 10.2. The summed E-state index contributed by atoms with van der Waals surface area (Å²) in [6, 6.07) is 0. The zero-order valence-corrected chi connectivity index (χ0v) is 8.51. The van der Waals surface area contributed by atoms with Crippen LogP contribution in [0, 0.1) is 5.41 Å². The van der Waals surface area contributed by atoms with Gasteiger partial charge in [-0.05, 0) is 6.42 Å². The van der Waals surface area contributed by atoms with Crippen LogP contribution in [-0.2, 0) is 4.74 Å². The molecule has 0 aromatic rings. The molecule has 0 unspecified atom stereocenters. The highest BCUT2D eigenvalue weighted by Gasteiger charge is 2.38. The summed E-state index contributed by atoms with van der Waals surface area (Å²) < 4.78 is 5.33. The molecular formula is C10H20N2O. The molecule has 13 heavy (non-hydrogen) atoms. The third kappa shape index (κ3) is 2.03. The Morgan fingerprint density at radius 1 is 1.31 bits per heavy atom. The predicted octanol–water partition coefficient (Wildman–Crippen LogP) is 0.318. The summed E-state index contributed by atoms with van der Waals surface area (Å²) in [6.07, 6.45) is 1.26. The molecule has 0 aromatic carbocycles. The van der Waals surface area contributed by atoms with E-state index >= 15 is 0 Å². The first kappa shape index (κ1) is 9.44. The molecule has 0 aliphatic carbocycles. The van der Waals surface area contributed by atoms with Crippen molar-refractivity contribution in [3.05, 3.63) is 0 Å². The third-order valence-electron chi connectivity index (χ3n) is 3.34. The quantitative estimate of drug-likeness (QED) is 0.683. The van der Waals surface area contributed by atoms with Gasteiger partial charge in [-0.2, -0.15) is 0 Å². The molecule has 3 heteroatoms. The molecule has 2 saturated heterocycles. The number of piperazine rings is 1. The van der Waals surface area contributed by atoms with E-state index in [1.807, 2.05) is 0 Å². The molecule has 3 nitrogen and oxygen atoms in total. The van der Waals surface area contributed by atoms with E-state index in [4.69, 9.17) is 4.74 Å². The fourth-order valence-corrected chi connectivity index (χ4v) is 2.14. The van der Waals surface area contributed by atoms with Crippen LogP contribution in [0.25, 0.3) is 0 Å². The van der Waals surface area contributed by atoms with Crippen LogP contribution in [0.1, 0.15) is 13.3 Å². The second-order valence-electron chi connectivity index (χ2n) is 4.37. The highest BCUT2D eigenvalue weighted by atomic mass is 16.5. The molecule has 2 rings (SSSR count). The summed E-state index contributed by atoms with van der Waals surface area (Å²) in [5.41, 5.74) is 0.497. The molecule has 0 amide bonds. The average molecular weight is 184 g/mol. The molecule has 0 atom stereocenters. The van der Waals surface area contributed by atoms with Gasteiger partial charge in [0.15, 0.2) is 0 Å². The minimum atomic E-state index is 0.497. The van der Waals surface area contributed by atoms with Crippen LogP contribution in [0.15, 0.2) is 0 Å². The van der Waals surface area contributed by atoms with Gasteiger partial charge in [0.2, 0.25) is 0 Å². The second kappa shape index (κ2) is 3.95. The monoisotopic (exact) mass is 184 g/mol. The number of nitrogens with one attached hydrogen (secondary N) is 1. The molecule has 2 heterocycles. The second-order valence-corrected chi connectivity index (χ2v) is 4.37. The highest BCUT2D eigenvalue weighted by Crippen LogP contribution is 2.32. The zero-order valence-electron chi connectivity index (χ0n) is 8.51. The minimum Gasteiger partial charge on any atom is -0.380 e. The Hall–Kier alpha value is -0.120. The molecule has 2 aliphatic rings. The fraction of sp³-hybridized carbons (Fsp3) is 1.00. The lowest BCUT2D eigenvalue weighted by Crippen LogP contribution is -2.54. The van der Waals surface area contributed by atoms with E-state index in [1.54, 1.807) is 0 Å². The smallest absolute Gasteiger partial charge is 0.0557 e. The summed E-state index contributed by atoms with van der Waals surface area (Å²) in [7, 11) is 0. The van der Waals surface area contributed by atoms with Crippen molar-refractivity contribution < 1.29 is 4.74 Å². The maximum atomic E-state index is 5.33. The molecule has 0 saturated carbocycles. The first-order valence-corrected chi connectivity index (χ1v) is 5.35. The van der Waals surface area contributed by atoms with Gasteiger partial charge in [-0.25, -0.2) is 0 Å². The van der Waals surface area contributed by atoms with Gasteiger partial charge in [-0.15, -0.1) is 0 Å². The first-order chi connectivity index (χ1) is 6.35. The predicted molar refractivity (Wildman–Crippen MR) is 52.9 cm³/mol. The summed E-state index contributed by atoms with van der Waals surface area (Å²) in [4.78, 5) is 2.57. The molecule has 0 radical (unpaired) electrons. The van der Waals surface area contributed by atoms with E-state index < -0.39 is 0 Å². The van der Waals surface area contributed by atoms with Crippen molar-refractivity contribution >= 4 is 0 Å². The number of hydrogen-bond donors (Lipinski definition) is 1. The van der Waals surface area contributed by atoms with Gasteiger partial charge in [0.05, 0.1) is 13.2 Å². The zero-order chi connectivity index (χ0) is 9.15. The van der Waals surface area contributed by atoms with Crippen LogP contribution in [0.5, 0.6) is 0 Å². The molecule has 2 aliphatic heterocycles. The van der Waals surface area contributed by atoms with Crippen molar-refractivity contribution in [3.8, 4) is 0 Å². The van der Waals surface area contributed by atoms with Crippen molar-refractivity contribution in [2.75, 3.05) is 45.9 Å². The Bertz CT molecular complexity index is 157. The molecule has 0 spiro atoms. The Kier molecular flexibility index (Phi) is 2.86. The lowest BCUT2D eigenvalue weighted by molar-refractivity contribution is -0.128. The van der Waals surface area contributed by atoms with Crippen LogP contribution in [-0.4, -0.2) is 50.8 Å². The van der Waals surface area contributed by atoms with Gasteiger partial charge in [-0.3, -0.25) is 0 Å².